The molecular formula is C20H25BrN2O2. The Bertz CT molecular complexity index is 733. The molecule has 0 fully saturated rings. The first-order valence-corrected chi connectivity index (χ1v) is 9.35. The van der Waals surface area contributed by atoms with Gasteiger partial charge < -0.3 is 9.47 Å². The van der Waals surface area contributed by atoms with Gasteiger partial charge >= 0.3 is 0 Å². The predicted octanol–water partition coefficient (Wildman–Crippen LogP) is 4.33. The van der Waals surface area contributed by atoms with Crippen LogP contribution in [0, 0.1) is 0 Å². The number of hydrazine groups is 1. The Morgan fingerprint density at radius 2 is 1.76 bits per heavy atom. The minimum Gasteiger partial charge on any atom is -0.493 e. The van der Waals surface area contributed by atoms with Crippen LogP contribution in [0.25, 0.3) is 0 Å². The number of ether oxygens (including phenoxy) is 2. The fourth-order valence-corrected chi connectivity index (χ4v) is 3.80. The minimum absolute atomic E-state index is 0.111. The van der Waals surface area contributed by atoms with Gasteiger partial charge in [-0.05, 0) is 53.8 Å². The van der Waals surface area contributed by atoms with E-state index in [0.29, 0.717) is 6.04 Å². The van der Waals surface area contributed by atoms with Gasteiger partial charge in [0.05, 0.1) is 20.3 Å². The van der Waals surface area contributed by atoms with Gasteiger partial charge in [0.25, 0.3) is 0 Å². The number of rotatable bonds is 4. The van der Waals surface area contributed by atoms with Crippen molar-refractivity contribution in [3.05, 3.63) is 57.6 Å². The van der Waals surface area contributed by atoms with Crippen molar-refractivity contribution in [1.29, 1.82) is 0 Å². The average Bonchev–Trinajstić information content (AvgIpc) is 2.76. The summed E-state index contributed by atoms with van der Waals surface area (Å²) in [5.41, 5.74) is 7.45. The molecule has 4 nitrogen and oxygen atoms in total. The van der Waals surface area contributed by atoms with Crippen molar-refractivity contribution in [3.63, 3.8) is 0 Å². The summed E-state index contributed by atoms with van der Waals surface area (Å²) in [7, 11) is 5.49. The maximum atomic E-state index is 5.56. The first kappa shape index (κ1) is 18.2. The van der Waals surface area contributed by atoms with Gasteiger partial charge in [0, 0.05) is 17.6 Å². The number of methoxy groups -OCH3 is 2. The van der Waals surface area contributed by atoms with Gasteiger partial charge in [0.1, 0.15) is 0 Å². The van der Waals surface area contributed by atoms with Gasteiger partial charge in [0.15, 0.2) is 11.5 Å². The summed E-state index contributed by atoms with van der Waals surface area (Å²) in [6.07, 6.45) is 2.02. The van der Waals surface area contributed by atoms with E-state index in [1.807, 2.05) is 0 Å². The fourth-order valence-electron chi connectivity index (χ4n) is 3.53. The Morgan fingerprint density at radius 3 is 2.36 bits per heavy atom. The summed E-state index contributed by atoms with van der Waals surface area (Å²) in [6, 6.07) is 13.3. The minimum atomic E-state index is 0.111. The van der Waals surface area contributed by atoms with Crippen LogP contribution in [-0.2, 0) is 6.42 Å². The number of nitrogens with zero attached hydrogens (tertiary/aromatic N) is 1. The molecule has 1 aliphatic heterocycles. The summed E-state index contributed by atoms with van der Waals surface area (Å²) < 4.78 is 12.2. The fraction of sp³-hybridized carbons (Fsp3) is 0.400. The largest absolute Gasteiger partial charge is 0.493 e. The molecule has 0 radical (unpaired) electrons. The van der Waals surface area contributed by atoms with Crippen molar-refractivity contribution in [2.75, 3.05) is 21.3 Å². The lowest BCUT2D eigenvalue weighted by Gasteiger charge is -2.30. The van der Waals surface area contributed by atoms with Gasteiger partial charge in [-0.1, -0.05) is 35.0 Å². The lowest BCUT2D eigenvalue weighted by Crippen LogP contribution is -2.43. The van der Waals surface area contributed by atoms with Crippen LogP contribution in [-0.4, -0.2) is 32.3 Å². The Kier molecular flexibility index (Phi) is 5.67. The molecule has 2 unspecified atom stereocenters. The van der Waals surface area contributed by atoms with Crippen molar-refractivity contribution >= 4 is 15.9 Å². The third kappa shape index (κ3) is 3.68. The molecule has 0 bridgehead atoms. The molecular weight excluding hydrogens is 380 g/mol. The molecule has 0 saturated heterocycles. The zero-order valence-electron chi connectivity index (χ0n) is 15.2. The van der Waals surface area contributed by atoms with Crippen LogP contribution in [0.5, 0.6) is 11.5 Å². The maximum absolute atomic E-state index is 5.56. The van der Waals surface area contributed by atoms with Gasteiger partial charge in [-0.2, -0.15) is 0 Å². The van der Waals surface area contributed by atoms with Crippen molar-refractivity contribution in [2.24, 2.45) is 0 Å². The number of nitrogens with one attached hydrogen (secondary N) is 1. The molecule has 5 heteroatoms. The van der Waals surface area contributed by atoms with Crippen LogP contribution in [0.2, 0.25) is 0 Å². The van der Waals surface area contributed by atoms with Crippen LogP contribution >= 0.6 is 15.9 Å². The second-order valence-corrected chi connectivity index (χ2v) is 7.33. The molecule has 0 amide bonds. The Hall–Kier alpha value is -1.56. The average molecular weight is 405 g/mol. The van der Waals surface area contributed by atoms with Gasteiger partial charge in [-0.3, -0.25) is 5.43 Å². The van der Waals surface area contributed by atoms with Gasteiger partial charge in [0.2, 0.25) is 0 Å². The molecule has 0 aromatic heterocycles. The van der Waals surface area contributed by atoms with Crippen LogP contribution in [0.15, 0.2) is 40.9 Å². The Balaban J connectivity index is 2.16. The van der Waals surface area contributed by atoms with E-state index in [0.717, 1.165) is 28.8 Å². The van der Waals surface area contributed by atoms with E-state index >= 15 is 0 Å². The highest BCUT2D eigenvalue weighted by Crippen LogP contribution is 2.39. The zero-order chi connectivity index (χ0) is 18.0. The number of hydrogen-bond acceptors (Lipinski definition) is 4. The third-order valence-electron chi connectivity index (χ3n) is 4.86. The van der Waals surface area contributed by atoms with E-state index in [9.17, 15) is 0 Å². The first-order chi connectivity index (χ1) is 12.1. The summed E-state index contributed by atoms with van der Waals surface area (Å²) in [4.78, 5) is 0. The monoisotopic (exact) mass is 404 g/mol. The molecule has 3 rings (SSSR count). The molecule has 0 saturated carbocycles. The zero-order valence-corrected chi connectivity index (χ0v) is 16.8. The number of benzene rings is 2. The highest BCUT2D eigenvalue weighted by Gasteiger charge is 2.29. The molecule has 25 heavy (non-hydrogen) atoms. The highest BCUT2D eigenvalue weighted by molar-refractivity contribution is 9.10. The Morgan fingerprint density at radius 1 is 1.12 bits per heavy atom. The lowest BCUT2D eigenvalue weighted by molar-refractivity contribution is 0.164. The predicted molar refractivity (Wildman–Crippen MR) is 104 cm³/mol. The van der Waals surface area contributed by atoms with Crippen LogP contribution in [0.1, 0.15) is 36.1 Å². The quantitative estimate of drug-likeness (QED) is 0.821. The van der Waals surface area contributed by atoms with Crippen LogP contribution < -0.4 is 14.9 Å². The molecule has 134 valence electrons. The molecule has 1 N–H and O–H groups in total. The number of hydrogen-bond donors (Lipinski definition) is 1. The Labute approximate surface area is 158 Å². The SMILES string of the molecule is CCC1Cc2cc(OC)c(OC)cc2C(c2ccc(Br)cc2)N(C)N1. The topological polar surface area (TPSA) is 33.7 Å². The molecule has 2 aromatic carbocycles. The second kappa shape index (κ2) is 7.77. The number of halogens is 1. The van der Waals surface area contributed by atoms with Crippen molar-refractivity contribution in [2.45, 2.75) is 31.8 Å². The van der Waals surface area contributed by atoms with Crippen LogP contribution in [0.3, 0.4) is 0 Å². The molecule has 1 heterocycles. The van der Waals surface area contributed by atoms with Crippen LogP contribution in [0.4, 0.5) is 0 Å². The van der Waals surface area contributed by atoms with Gasteiger partial charge in [-0.25, -0.2) is 5.01 Å². The van der Waals surface area contributed by atoms with Crippen molar-refractivity contribution < 1.29 is 9.47 Å². The van der Waals surface area contributed by atoms with Crippen molar-refractivity contribution in [1.82, 2.24) is 10.4 Å². The number of fused-ring (bicyclic) bond motifs is 1. The van der Waals surface area contributed by atoms with Crippen molar-refractivity contribution in [3.8, 4) is 11.5 Å². The van der Waals surface area contributed by atoms with Gasteiger partial charge in [-0.15, -0.1) is 0 Å². The third-order valence-corrected chi connectivity index (χ3v) is 5.39. The molecule has 2 aromatic rings. The van der Waals surface area contributed by atoms with E-state index in [2.05, 4.69) is 76.7 Å². The lowest BCUT2D eigenvalue weighted by atomic mass is 9.91. The second-order valence-electron chi connectivity index (χ2n) is 6.41. The summed E-state index contributed by atoms with van der Waals surface area (Å²) in [5.74, 6) is 1.56. The van der Waals surface area contributed by atoms with E-state index in [1.165, 1.54) is 16.7 Å². The van der Waals surface area contributed by atoms with E-state index in [1.54, 1.807) is 14.2 Å². The summed E-state index contributed by atoms with van der Waals surface area (Å²) >= 11 is 3.53. The molecule has 0 aliphatic carbocycles. The van der Waals surface area contributed by atoms with E-state index in [-0.39, 0.29) is 6.04 Å². The summed E-state index contributed by atoms with van der Waals surface area (Å²) in [5, 5.41) is 2.22. The maximum Gasteiger partial charge on any atom is 0.161 e. The normalized spacial score (nSPS) is 20.7. The smallest absolute Gasteiger partial charge is 0.161 e. The first-order valence-electron chi connectivity index (χ1n) is 8.56. The molecule has 2 atom stereocenters. The van der Waals surface area contributed by atoms with E-state index in [4.69, 9.17) is 9.47 Å². The standard InChI is InChI=1S/C20H25BrN2O2/c1-5-16-10-14-11-18(24-3)19(25-4)12-17(14)20(23(2)22-16)13-6-8-15(21)9-7-13/h6-9,11-12,16,20,22H,5,10H2,1-4H3. The highest BCUT2D eigenvalue weighted by atomic mass is 79.9. The molecule has 1 aliphatic rings. The summed E-state index contributed by atoms with van der Waals surface area (Å²) in [6.45, 7) is 2.21. The molecule has 0 spiro atoms. The van der Waals surface area contributed by atoms with E-state index < -0.39 is 0 Å².